The normalized spacial score (nSPS) is 10.6. The third-order valence-electron chi connectivity index (χ3n) is 1.80. The highest BCUT2D eigenvalue weighted by molar-refractivity contribution is 5.67. The van der Waals surface area contributed by atoms with E-state index in [9.17, 15) is 9.90 Å². The molecule has 0 unspecified atom stereocenters. The van der Waals surface area contributed by atoms with E-state index in [1.54, 1.807) is 24.4 Å². The number of carboxylic acid groups (broad SMARTS) is 1. The average Bonchev–Trinajstić information content (AvgIpc) is 2.44. The number of rotatable bonds is 2. The van der Waals surface area contributed by atoms with Gasteiger partial charge in [-0.25, -0.2) is 9.20 Å². The van der Waals surface area contributed by atoms with Crippen molar-refractivity contribution in [1.82, 2.24) is 9.78 Å². The molecule has 0 saturated heterocycles. The minimum atomic E-state index is -1.03. The maximum absolute atomic E-state index is 11.2. The molecule has 0 aliphatic heterocycles. The van der Waals surface area contributed by atoms with Gasteiger partial charge in [-0.3, -0.25) is 0 Å². The Balaban J connectivity index is 2.60. The van der Waals surface area contributed by atoms with Crippen LogP contribution in [0.15, 0.2) is 24.4 Å². The summed E-state index contributed by atoms with van der Waals surface area (Å²) in [4.78, 5) is 10.4. The van der Waals surface area contributed by atoms with E-state index in [2.05, 4.69) is 5.10 Å². The second-order valence-corrected chi connectivity index (χ2v) is 2.76. The number of hydrogen-bond donors (Lipinski definition) is 1. The summed E-state index contributed by atoms with van der Waals surface area (Å²) in [7, 11) is 0. The first-order valence-electron chi connectivity index (χ1n) is 3.94. The van der Waals surface area contributed by atoms with Gasteiger partial charge < -0.3 is 10.2 Å². The predicted octanol–water partition coefficient (Wildman–Crippen LogP) is -1.22. The zero-order chi connectivity index (χ0) is 10.1. The summed E-state index contributed by atoms with van der Waals surface area (Å²) in [6, 6.07) is 4.56. The summed E-state index contributed by atoms with van der Waals surface area (Å²) in [5, 5.41) is 23.4. The van der Waals surface area contributed by atoms with E-state index >= 15 is 0 Å². The summed E-state index contributed by atoms with van der Waals surface area (Å²) >= 11 is 0. The minimum absolute atomic E-state index is 0.310. The number of pyridine rings is 1. The topological polar surface area (TPSA) is 82.3 Å². The monoisotopic (exact) mass is 193 g/mol. The highest BCUT2D eigenvalue weighted by atomic mass is 16.4. The zero-order valence-corrected chi connectivity index (χ0v) is 7.12. The third kappa shape index (κ3) is 1.26. The van der Waals surface area contributed by atoms with Crippen LogP contribution in [-0.2, 0) is 11.3 Å². The largest absolute Gasteiger partial charge is 0.817 e. The van der Waals surface area contributed by atoms with Gasteiger partial charge in [0.05, 0.1) is 6.20 Å². The van der Waals surface area contributed by atoms with Crippen LogP contribution in [0.3, 0.4) is 0 Å². The molecule has 6 heteroatoms. The number of aromatic nitrogens is 3. The summed E-state index contributed by atoms with van der Waals surface area (Å²) in [6.07, 6.45) is 1.54. The number of nitrogens with zero attached hydrogens (tertiary/aromatic N) is 3. The van der Waals surface area contributed by atoms with Crippen LogP contribution in [0.25, 0.3) is 5.65 Å². The predicted molar refractivity (Wildman–Crippen MR) is 42.5 cm³/mol. The molecule has 14 heavy (non-hydrogen) atoms. The average molecular weight is 193 g/mol. The van der Waals surface area contributed by atoms with Gasteiger partial charge in [0.2, 0.25) is 12.6 Å². The second-order valence-electron chi connectivity index (χ2n) is 2.76. The van der Waals surface area contributed by atoms with E-state index in [4.69, 9.17) is 5.11 Å². The van der Waals surface area contributed by atoms with Gasteiger partial charge in [0.25, 0.3) is 5.65 Å². The van der Waals surface area contributed by atoms with Crippen molar-refractivity contribution >= 4 is 11.6 Å². The summed E-state index contributed by atoms with van der Waals surface area (Å²) < 4.78 is 2.45. The molecule has 1 N–H and O–H groups in total. The molecule has 2 aromatic rings. The molecule has 2 rings (SSSR count). The maximum Gasteiger partial charge on any atom is 0.341 e. The number of hydrogen-bond acceptors (Lipinski definition) is 3. The van der Waals surface area contributed by atoms with Gasteiger partial charge in [-0.15, -0.1) is 0 Å². The smallest absolute Gasteiger partial charge is 0.341 e. The molecule has 0 aromatic carbocycles. The fraction of sp³-hybridized carbons (Fsp3) is 0.125. The molecular formula is C8H7N3O3. The first kappa shape index (κ1) is 8.49. The Kier molecular flexibility index (Phi) is 1.81. The van der Waals surface area contributed by atoms with Crippen molar-refractivity contribution in [2.24, 2.45) is 0 Å². The summed E-state index contributed by atoms with van der Waals surface area (Å²) in [5.74, 6) is -1.03. The Morgan fingerprint density at radius 2 is 2.43 bits per heavy atom. The van der Waals surface area contributed by atoms with E-state index < -0.39 is 12.0 Å². The maximum atomic E-state index is 11.2. The van der Waals surface area contributed by atoms with Crippen molar-refractivity contribution in [3.8, 4) is 6.01 Å². The van der Waals surface area contributed by atoms with E-state index in [1.165, 1.54) is 4.40 Å². The molecule has 72 valence electrons. The van der Waals surface area contributed by atoms with Gasteiger partial charge in [-0.05, 0) is 6.07 Å². The molecule has 0 amide bonds. The van der Waals surface area contributed by atoms with Crippen LogP contribution in [0.4, 0.5) is 0 Å². The molecule has 2 heterocycles. The van der Waals surface area contributed by atoms with Gasteiger partial charge in [-0.2, -0.15) is 0 Å². The van der Waals surface area contributed by atoms with Crippen LogP contribution in [0, 0.1) is 0 Å². The van der Waals surface area contributed by atoms with Crippen LogP contribution < -0.4 is 9.51 Å². The standard InChI is InChI=1S/C8H7N3O3/c12-7(13)5-11-6-3-1-2-4-10(6)8(14)9-11/h1-4H,5H2,(H-,9,12,13,14). The molecule has 6 nitrogen and oxygen atoms in total. The quantitative estimate of drug-likeness (QED) is 0.606. The van der Waals surface area contributed by atoms with Crippen molar-refractivity contribution < 1.29 is 19.4 Å². The van der Waals surface area contributed by atoms with E-state index in [1.807, 2.05) is 0 Å². The van der Waals surface area contributed by atoms with Crippen LogP contribution >= 0.6 is 0 Å². The van der Waals surface area contributed by atoms with Crippen molar-refractivity contribution in [2.75, 3.05) is 0 Å². The number of carbonyl (C=O) groups is 1. The van der Waals surface area contributed by atoms with E-state index in [0.717, 1.165) is 4.68 Å². The Morgan fingerprint density at radius 1 is 1.64 bits per heavy atom. The molecular weight excluding hydrogens is 186 g/mol. The van der Waals surface area contributed by atoms with Crippen LogP contribution in [-0.4, -0.2) is 20.9 Å². The van der Waals surface area contributed by atoms with Gasteiger partial charge in [0.1, 0.15) is 0 Å². The minimum Gasteiger partial charge on any atom is -0.817 e. The molecule has 0 radical (unpaired) electrons. The molecule has 0 atom stereocenters. The van der Waals surface area contributed by atoms with Crippen LogP contribution in [0.1, 0.15) is 0 Å². The molecule has 2 aromatic heterocycles. The van der Waals surface area contributed by atoms with Crippen molar-refractivity contribution in [2.45, 2.75) is 6.54 Å². The molecule has 0 aliphatic rings. The lowest BCUT2D eigenvalue weighted by molar-refractivity contribution is -0.586. The van der Waals surface area contributed by atoms with E-state index in [-0.39, 0.29) is 6.54 Å². The van der Waals surface area contributed by atoms with Gasteiger partial charge in [0.15, 0.2) is 0 Å². The number of fused-ring (bicyclic) bond motifs is 1. The van der Waals surface area contributed by atoms with Gasteiger partial charge >= 0.3 is 5.97 Å². The molecule has 0 saturated carbocycles. The molecule has 0 bridgehead atoms. The molecule has 0 aliphatic carbocycles. The fourth-order valence-electron chi connectivity index (χ4n) is 1.25. The SMILES string of the molecule is O=C(O)Cn1nc([O-])[n+]2ccccc12. The van der Waals surface area contributed by atoms with Crippen LogP contribution in [0.5, 0.6) is 6.01 Å². The first-order chi connectivity index (χ1) is 6.68. The first-order valence-corrected chi connectivity index (χ1v) is 3.94. The number of aliphatic carboxylic acids is 1. The second kappa shape index (κ2) is 2.99. The zero-order valence-electron chi connectivity index (χ0n) is 7.12. The highest BCUT2D eigenvalue weighted by Crippen LogP contribution is 2.00. The Labute approximate surface area is 78.6 Å². The van der Waals surface area contributed by atoms with Gasteiger partial charge in [-0.1, -0.05) is 10.7 Å². The lowest BCUT2D eigenvalue weighted by Crippen LogP contribution is -2.23. The molecule has 0 spiro atoms. The van der Waals surface area contributed by atoms with E-state index in [0.29, 0.717) is 5.65 Å². The highest BCUT2D eigenvalue weighted by Gasteiger charge is 2.14. The Hall–Kier alpha value is -2.11. The van der Waals surface area contributed by atoms with Gasteiger partial charge in [0, 0.05) is 11.2 Å². The summed E-state index contributed by atoms with van der Waals surface area (Å²) in [6.45, 7) is -0.310. The third-order valence-corrected chi connectivity index (χ3v) is 1.80. The van der Waals surface area contributed by atoms with Crippen molar-refractivity contribution in [3.05, 3.63) is 24.4 Å². The lowest BCUT2D eigenvalue weighted by Gasteiger charge is -1.90. The van der Waals surface area contributed by atoms with Crippen LogP contribution in [0.2, 0.25) is 0 Å². The Morgan fingerprint density at radius 3 is 3.14 bits per heavy atom. The van der Waals surface area contributed by atoms with Crippen molar-refractivity contribution in [3.63, 3.8) is 0 Å². The van der Waals surface area contributed by atoms with Crippen molar-refractivity contribution in [1.29, 1.82) is 0 Å². The Bertz CT molecular complexity index is 492. The molecule has 0 fully saturated rings. The summed E-state index contributed by atoms with van der Waals surface area (Å²) in [5.41, 5.74) is 0.472. The lowest BCUT2D eigenvalue weighted by atomic mass is 10.5. The number of carboxylic acids is 1. The fourth-order valence-corrected chi connectivity index (χ4v) is 1.25.